The molecule has 226 valence electrons. The van der Waals surface area contributed by atoms with Crippen LogP contribution in [0.1, 0.15) is 0 Å². The smallest absolute Gasteiger partial charge is 0.137 e. The SMILES string of the molecule is c1ccc(-c2ccc(-c3ccccc3N(c3cccc(-c4cccc5ccccc45)c3)c3cccc4oc5ccccc5c34)cc2)cc1. The maximum Gasteiger partial charge on any atom is 0.137 e. The number of para-hydroxylation sites is 2. The van der Waals surface area contributed by atoms with Crippen molar-refractivity contribution in [1.82, 2.24) is 0 Å². The molecule has 0 saturated carbocycles. The molecule has 0 saturated heterocycles. The quantitative estimate of drug-likeness (QED) is 0.185. The predicted molar refractivity (Wildman–Crippen MR) is 202 cm³/mol. The Morgan fingerprint density at radius 3 is 1.83 bits per heavy atom. The Bertz CT molecular complexity index is 2560. The lowest BCUT2D eigenvalue weighted by atomic mass is 9.96. The minimum atomic E-state index is 0.869. The van der Waals surface area contributed by atoms with Crippen molar-refractivity contribution >= 4 is 49.8 Å². The normalized spacial score (nSPS) is 11.3. The van der Waals surface area contributed by atoms with Crippen LogP contribution in [-0.4, -0.2) is 0 Å². The number of furan rings is 1. The Labute approximate surface area is 279 Å². The highest BCUT2D eigenvalue weighted by molar-refractivity contribution is 6.14. The van der Waals surface area contributed by atoms with Gasteiger partial charge in [0.25, 0.3) is 0 Å². The van der Waals surface area contributed by atoms with Crippen molar-refractivity contribution < 1.29 is 4.42 Å². The third-order valence-electron chi connectivity index (χ3n) is 9.27. The number of nitrogens with zero attached hydrogens (tertiary/aromatic N) is 1. The van der Waals surface area contributed by atoms with Gasteiger partial charge in [0.15, 0.2) is 0 Å². The summed E-state index contributed by atoms with van der Waals surface area (Å²) in [6.45, 7) is 0. The van der Waals surface area contributed by atoms with Gasteiger partial charge in [0.05, 0.1) is 16.8 Å². The summed E-state index contributed by atoms with van der Waals surface area (Å²) in [5, 5.41) is 4.67. The lowest BCUT2D eigenvalue weighted by molar-refractivity contribution is 0.669. The van der Waals surface area contributed by atoms with Gasteiger partial charge in [-0.25, -0.2) is 0 Å². The van der Waals surface area contributed by atoms with Crippen LogP contribution in [0.2, 0.25) is 0 Å². The molecule has 0 atom stereocenters. The molecule has 0 radical (unpaired) electrons. The maximum absolute atomic E-state index is 6.40. The molecule has 1 aromatic heterocycles. The van der Waals surface area contributed by atoms with Gasteiger partial charge in [-0.3, -0.25) is 0 Å². The second kappa shape index (κ2) is 11.8. The lowest BCUT2D eigenvalue weighted by Crippen LogP contribution is -2.11. The Kier molecular flexibility index (Phi) is 6.84. The summed E-state index contributed by atoms with van der Waals surface area (Å²) in [6, 6.07) is 66.9. The summed E-state index contributed by atoms with van der Waals surface area (Å²) < 4.78 is 6.40. The first-order chi connectivity index (χ1) is 23.8. The van der Waals surface area contributed by atoms with Crippen LogP contribution in [0.15, 0.2) is 192 Å². The molecule has 0 N–H and O–H groups in total. The molecule has 1 heterocycles. The fourth-order valence-corrected chi connectivity index (χ4v) is 7.03. The van der Waals surface area contributed by atoms with Crippen LogP contribution >= 0.6 is 0 Å². The maximum atomic E-state index is 6.40. The first-order valence-electron chi connectivity index (χ1n) is 16.4. The molecule has 9 aromatic rings. The predicted octanol–water partition coefficient (Wildman–Crippen LogP) is 13.2. The highest BCUT2D eigenvalue weighted by atomic mass is 16.3. The lowest BCUT2D eigenvalue weighted by Gasteiger charge is -2.29. The van der Waals surface area contributed by atoms with Crippen LogP contribution in [0.4, 0.5) is 17.1 Å². The summed E-state index contributed by atoms with van der Waals surface area (Å²) in [5.41, 5.74) is 12.1. The summed E-state index contributed by atoms with van der Waals surface area (Å²) in [6.07, 6.45) is 0. The average molecular weight is 614 g/mol. The third-order valence-corrected chi connectivity index (χ3v) is 9.27. The Morgan fingerprint density at radius 1 is 0.354 bits per heavy atom. The molecule has 0 aliphatic rings. The molecule has 0 bridgehead atoms. The largest absolute Gasteiger partial charge is 0.456 e. The van der Waals surface area contributed by atoms with Crippen molar-refractivity contribution in [2.75, 3.05) is 4.90 Å². The van der Waals surface area contributed by atoms with Gasteiger partial charge < -0.3 is 9.32 Å². The molecule has 0 fully saturated rings. The summed E-state index contributed by atoms with van der Waals surface area (Å²) in [5.74, 6) is 0. The van der Waals surface area contributed by atoms with Gasteiger partial charge in [0, 0.05) is 16.6 Å². The molecule has 0 aliphatic heterocycles. The number of hydrogen-bond acceptors (Lipinski definition) is 2. The molecule has 0 unspecified atom stereocenters. The molecule has 0 spiro atoms. The number of rotatable bonds is 6. The average Bonchev–Trinajstić information content (AvgIpc) is 3.55. The van der Waals surface area contributed by atoms with Crippen LogP contribution in [0.25, 0.3) is 66.1 Å². The number of benzene rings is 8. The van der Waals surface area contributed by atoms with Gasteiger partial charge in [-0.2, -0.15) is 0 Å². The van der Waals surface area contributed by atoms with E-state index in [0.29, 0.717) is 0 Å². The summed E-state index contributed by atoms with van der Waals surface area (Å²) in [4.78, 5) is 2.40. The molecule has 0 aliphatic carbocycles. The van der Waals surface area contributed by atoms with E-state index in [1.807, 2.05) is 12.1 Å². The first kappa shape index (κ1) is 27.9. The third kappa shape index (κ3) is 4.83. The number of fused-ring (bicyclic) bond motifs is 4. The second-order valence-corrected chi connectivity index (χ2v) is 12.1. The number of hydrogen-bond donors (Lipinski definition) is 0. The van der Waals surface area contributed by atoms with Crippen LogP contribution in [-0.2, 0) is 0 Å². The summed E-state index contributed by atoms with van der Waals surface area (Å²) >= 11 is 0. The monoisotopic (exact) mass is 613 g/mol. The molecular formula is C46H31NO. The zero-order chi connectivity index (χ0) is 31.9. The molecule has 2 nitrogen and oxygen atoms in total. The molecule has 8 aromatic carbocycles. The molecule has 9 rings (SSSR count). The Morgan fingerprint density at radius 2 is 0.938 bits per heavy atom. The topological polar surface area (TPSA) is 16.4 Å². The zero-order valence-corrected chi connectivity index (χ0v) is 26.3. The molecular weight excluding hydrogens is 583 g/mol. The fraction of sp³-hybridized carbons (Fsp3) is 0. The Hall–Kier alpha value is -6.38. The van der Waals surface area contributed by atoms with Gasteiger partial charge in [-0.05, 0) is 75.0 Å². The van der Waals surface area contributed by atoms with E-state index in [-0.39, 0.29) is 0 Å². The Balaban J connectivity index is 1.27. The summed E-state index contributed by atoms with van der Waals surface area (Å²) in [7, 11) is 0. The minimum Gasteiger partial charge on any atom is -0.456 e. The van der Waals surface area contributed by atoms with E-state index in [2.05, 4.69) is 181 Å². The van der Waals surface area contributed by atoms with E-state index in [4.69, 9.17) is 4.42 Å². The van der Waals surface area contributed by atoms with Crippen molar-refractivity contribution in [2.24, 2.45) is 0 Å². The van der Waals surface area contributed by atoms with Crippen molar-refractivity contribution in [2.45, 2.75) is 0 Å². The minimum absolute atomic E-state index is 0.869. The van der Waals surface area contributed by atoms with Crippen molar-refractivity contribution in [1.29, 1.82) is 0 Å². The van der Waals surface area contributed by atoms with Gasteiger partial charge in [-0.15, -0.1) is 0 Å². The van der Waals surface area contributed by atoms with Gasteiger partial charge >= 0.3 is 0 Å². The number of anilines is 3. The van der Waals surface area contributed by atoms with E-state index in [9.17, 15) is 0 Å². The zero-order valence-electron chi connectivity index (χ0n) is 26.3. The van der Waals surface area contributed by atoms with Crippen LogP contribution in [0.5, 0.6) is 0 Å². The van der Waals surface area contributed by atoms with E-state index < -0.39 is 0 Å². The van der Waals surface area contributed by atoms with Crippen LogP contribution in [0.3, 0.4) is 0 Å². The van der Waals surface area contributed by atoms with Gasteiger partial charge in [-0.1, -0.05) is 152 Å². The fourth-order valence-electron chi connectivity index (χ4n) is 7.03. The van der Waals surface area contributed by atoms with Crippen molar-refractivity contribution in [3.63, 3.8) is 0 Å². The van der Waals surface area contributed by atoms with Crippen LogP contribution in [0, 0.1) is 0 Å². The van der Waals surface area contributed by atoms with E-state index in [1.165, 1.54) is 33.0 Å². The highest BCUT2D eigenvalue weighted by Crippen LogP contribution is 2.46. The highest BCUT2D eigenvalue weighted by Gasteiger charge is 2.22. The standard InChI is InChI=1S/C46H31NO/c1-2-13-32(14-3-1)33-27-29-35(30-28-33)40-20-6-8-23-42(40)47(43-24-12-26-45-46(43)41-21-7-9-25-44(41)48-45)37-18-10-17-36(31-37)39-22-11-16-34-15-4-5-19-38(34)39/h1-31H. The van der Waals surface area contributed by atoms with E-state index in [1.54, 1.807) is 0 Å². The van der Waals surface area contributed by atoms with Gasteiger partial charge in [0.2, 0.25) is 0 Å². The van der Waals surface area contributed by atoms with E-state index >= 15 is 0 Å². The molecule has 2 heteroatoms. The second-order valence-electron chi connectivity index (χ2n) is 12.1. The van der Waals surface area contributed by atoms with Crippen molar-refractivity contribution in [3.05, 3.63) is 188 Å². The molecule has 0 amide bonds. The first-order valence-corrected chi connectivity index (χ1v) is 16.4. The molecule has 48 heavy (non-hydrogen) atoms. The van der Waals surface area contributed by atoms with Crippen molar-refractivity contribution in [3.8, 4) is 33.4 Å². The van der Waals surface area contributed by atoms with E-state index in [0.717, 1.165) is 50.1 Å². The van der Waals surface area contributed by atoms with Crippen LogP contribution < -0.4 is 4.90 Å². The van der Waals surface area contributed by atoms with Gasteiger partial charge in [0.1, 0.15) is 11.2 Å².